The summed E-state index contributed by atoms with van der Waals surface area (Å²) in [7, 11) is 1.33. The van der Waals surface area contributed by atoms with Gasteiger partial charge in [-0.1, -0.05) is 59.8 Å². The third-order valence-corrected chi connectivity index (χ3v) is 5.35. The van der Waals surface area contributed by atoms with Crippen molar-refractivity contribution in [2.24, 2.45) is 5.16 Å². The van der Waals surface area contributed by atoms with E-state index in [1.165, 1.54) is 7.11 Å². The van der Waals surface area contributed by atoms with Crippen LogP contribution in [0.25, 0.3) is 0 Å². The molecule has 2 N–H and O–H groups in total. The quantitative estimate of drug-likeness (QED) is 0.151. The fourth-order valence-electron chi connectivity index (χ4n) is 3.55. The highest BCUT2D eigenvalue weighted by Crippen LogP contribution is 2.26. The van der Waals surface area contributed by atoms with Gasteiger partial charge in [0.05, 0.1) is 24.9 Å². The van der Waals surface area contributed by atoms with Crippen molar-refractivity contribution in [1.82, 2.24) is 0 Å². The fraction of sp³-hybridized carbons (Fsp3) is 0.148. The van der Waals surface area contributed by atoms with Gasteiger partial charge in [-0.25, -0.2) is 9.59 Å². The first-order chi connectivity index (χ1) is 16.5. The first-order valence-electron chi connectivity index (χ1n) is 10.7. The number of nitrogens with zero attached hydrogens (tertiary/aromatic N) is 2. The summed E-state index contributed by atoms with van der Waals surface area (Å²) in [5.41, 5.74) is 4.47. The first-order valence-corrected chi connectivity index (χ1v) is 10.7. The second-order valence-corrected chi connectivity index (χ2v) is 7.55. The summed E-state index contributed by atoms with van der Waals surface area (Å²) in [6, 6.07) is 21.2. The maximum atomic E-state index is 13.5. The van der Waals surface area contributed by atoms with Crippen molar-refractivity contribution < 1.29 is 19.5 Å². The Bertz CT molecular complexity index is 1200. The van der Waals surface area contributed by atoms with Crippen LogP contribution >= 0.6 is 0 Å². The summed E-state index contributed by atoms with van der Waals surface area (Å²) >= 11 is 0. The molecule has 3 aromatic carbocycles. The average molecular weight is 458 g/mol. The molecule has 3 aromatic rings. The van der Waals surface area contributed by atoms with Gasteiger partial charge in [-0.05, 0) is 54.3 Å². The Hall–Kier alpha value is -4.39. The Balaban J connectivity index is 1.98. The molecule has 34 heavy (non-hydrogen) atoms. The minimum absolute atomic E-state index is 0.152. The standard InChI is InChI=1S/C27H27N3O4/c1-4-9-21-10-6-8-13-25(21)30(18-22-11-5-7-12-24(22)26(31)34-3)27(32)28-23-16-14-20(15-17-23)19(2)29-33/h4-8,10-17,33H,1,9,18H2,2-3H3,(H,28,32)/b29-19+. The number of oxime groups is 1. The molecule has 7 heteroatoms. The number of para-hydroxylation sites is 1. The van der Waals surface area contributed by atoms with E-state index in [-0.39, 0.29) is 12.6 Å². The van der Waals surface area contributed by atoms with Gasteiger partial charge in [-0.2, -0.15) is 0 Å². The van der Waals surface area contributed by atoms with Crippen LogP contribution in [0.5, 0.6) is 0 Å². The van der Waals surface area contributed by atoms with Crippen LogP contribution < -0.4 is 10.2 Å². The number of anilines is 2. The average Bonchev–Trinajstić information content (AvgIpc) is 2.87. The minimum atomic E-state index is -0.466. The lowest BCUT2D eigenvalue weighted by atomic mass is 10.0. The van der Waals surface area contributed by atoms with Crippen molar-refractivity contribution >= 4 is 29.1 Å². The van der Waals surface area contributed by atoms with E-state index in [4.69, 9.17) is 9.94 Å². The van der Waals surface area contributed by atoms with Gasteiger partial charge in [0.2, 0.25) is 0 Å². The van der Waals surface area contributed by atoms with E-state index in [9.17, 15) is 9.59 Å². The monoisotopic (exact) mass is 457 g/mol. The molecule has 0 unspecified atom stereocenters. The molecular weight excluding hydrogens is 430 g/mol. The molecule has 7 nitrogen and oxygen atoms in total. The predicted molar refractivity (Wildman–Crippen MR) is 134 cm³/mol. The first kappa shape index (κ1) is 24.3. The highest BCUT2D eigenvalue weighted by molar-refractivity contribution is 6.03. The number of esters is 1. The van der Waals surface area contributed by atoms with Crippen LogP contribution in [-0.2, 0) is 17.7 Å². The van der Waals surface area contributed by atoms with Gasteiger partial charge < -0.3 is 15.3 Å². The smallest absolute Gasteiger partial charge is 0.338 e. The van der Waals surface area contributed by atoms with Gasteiger partial charge >= 0.3 is 12.0 Å². The summed E-state index contributed by atoms with van der Waals surface area (Å²) < 4.78 is 4.92. The lowest BCUT2D eigenvalue weighted by molar-refractivity contribution is 0.0599. The fourth-order valence-corrected chi connectivity index (χ4v) is 3.55. The lowest BCUT2D eigenvalue weighted by Crippen LogP contribution is -2.35. The van der Waals surface area contributed by atoms with Crippen molar-refractivity contribution in [2.75, 3.05) is 17.3 Å². The van der Waals surface area contributed by atoms with Crippen molar-refractivity contribution in [3.63, 3.8) is 0 Å². The molecular formula is C27H27N3O4. The van der Waals surface area contributed by atoms with Crippen molar-refractivity contribution in [3.05, 3.63) is 108 Å². The van der Waals surface area contributed by atoms with E-state index in [1.54, 1.807) is 60.4 Å². The van der Waals surface area contributed by atoms with Crippen molar-refractivity contribution in [3.8, 4) is 0 Å². The number of hydrogen-bond donors (Lipinski definition) is 2. The summed E-state index contributed by atoms with van der Waals surface area (Å²) in [5, 5.41) is 15.1. The summed E-state index contributed by atoms with van der Waals surface area (Å²) in [6.45, 7) is 5.66. The molecule has 0 saturated heterocycles. The SMILES string of the molecule is C=CCc1ccccc1N(Cc1ccccc1C(=O)OC)C(=O)Nc1ccc(/C(C)=N/O)cc1. The predicted octanol–water partition coefficient (Wildman–Crippen LogP) is 5.64. The maximum Gasteiger partial charge on any atom is 0.338 e. The number of amides is 2. The molecule has 0 fully saturated rings. The molecule has 0 bridgehead atoms. The molecule has 0 heterocycles. The molecule has 2 amide bonds. The van der Waals surface area contributed by atoms with Crippen LogP contribution in [0.3, 0.4) is 0 Å². The molecule has 0 saturated carbocycles. The lowest BCUT2D eigenvalue weighted by Gasteiger charge is -2.26. The summed E-state index contributed by atoms with van der Waals surface area (Å²) in [5.74, 6) is -0.466. The van der Waals surface area contributed by atoms with Crippen molar-refractivity contribution in [1.29, 1.82) is 0 Å². The Morgan fingerprint density at radius 1 is 1.03 bits per heavy atom. The highest BCUT2D eigenvalue weighted by Gasteiger charge is 2.22. The van der Waals surface area contributed by atoms with E-state index in [2.05, 4.69) is 17.1 Å². The summed E-state index contributed by atoms with van der Waals surface area (Å²) in [4.78, 5) is 27.4. The van der Waals surface area contributed by atoms with Crippen LogP contribution in [0.4, 0.5) is 16.2 Å². The third kappa shape index (κ3) is 5.69. The second kappa shape index (κ2) is 11.5. The number of nitrogens with one attached hydrogen (secondary N) is 1. The Labute approximate surface area is 199 Å². The third-order valence-electron chi connectivity index (χ3n) is 5.35. The zero-order valence-electron chi connectivity index (χ0n) is 19.2. The number of methoxy groups -OCH3 is 1. The molecule has 3 rings (SSSR count). The van der Waals surface area contributed by atoms with Gasteiger partial charge in [-0.3, -0.25) is 4.90 Å². The van der Waals surface area contributed by atoms with Crippen LogP contribution in [0.2, 0.25) is 0 Å². The normalized spacial score (nSPS) is 10.9. The van der Waals surface area contributed by atoms with E-state index >= 15 is 0 Å². The topological polar surface area (TPSA) is 91.2 Å². The van der Waals surface area contributed by atoms with Crippen LogP contribution in [0, 0.1) is 0 Å². The molecule has 0 aromatic heterocycles. The van der Waals surface area contributed by atoms with Gasteiger partial charge in [0.1, 0.15) is 0 Å². The Kier molecular flexibility index (Phi) is 8.18. The molecule has 0 aliphatic heterocycles. The van der Waals surface area contributed by atoms with E-state index < -0.39 is 5.97 Å². The number of allylic oxidation sites excluding steroid dienone is 1. The van der Waals surface area contributed by atoms with E-state index in [0.717, 1.165) is 11.1 Å². The van der Waals surface area contributed by atoms with E-state index in [0.29, 0.717) is 34.6 Å². The molecule has 0 aliphatic carbocycles. The van der Waals surface area contributed by atoms with Gasteiger partial charge in [0, 0.05) is 11.4 Å². The van der Waals surface area contributed by atoms with Crippen LogP contribution in [0.1, 0.15) is 34.0 Å². The number of carbonyl (C=O) groups is 2. The number of carbonyl (C=O) groups excluding carboxylic acids is 2. The van der Waals surface area contributed by atoms with Crippen molar-refractivity contribution in [2.45, 2.75) is 19.9 Å². The Morgan fingerprint density at radius 3 is 2.32 bits per heavy atom. The highest BCUT2D eigenvalue weighted by atomic mass is 16.5. The number of ether oxygens (including phenoxy) is 1. The zero-order chi connectivity index (χ0) is 24.5. The second-order valence-electron chi connectivity index (χ2n) is 7.55. The molecule has 0 atom stereocenters. The van der Waals surface area contributed by atoms with Crippen LogP contribution in [-0.4, -0.2) is 30.0 Å². The number of hydrogen-bond acceptors (Lipinski definition) is 5. The van der Waals surface area contributed by atoms with Crippen LogP contribution in [0.15, 0.2) is 90.6 Å². The minimum Gasteiger partial charge on any atom is -0.465 e. The van der Waals surface area contributed by atoms with Gasteiger partial charge in [-0.15, -0.1) is 6.58 Å². The van der Waals surface area contributed by atoms with E-state index in [1.807, 2.05) is 30.3 Å². The molecule has 174 valence electrons. The van der Waals surface area contributed by atoms with Gasteiger partial charge in [0.15, 0.2) is 0 Å². The maximum absolute atomic E-state index is 13.5. The molecule has 0 aliphatic rings. The summed E-state index contributed by atoms with van der Waals surface area (Å²) in [6.07, 6.45) is 2.36. The molecule has 0 radical (unpaired) electrons. The largest absolute Gasteiger partial charge is 0.465 e. The zero-order valence-corrected chi connectivity index (χ0v) is 19.2. The van der Waals surface area contributed by atoms with Gasteiger partial charge in [0.25, 0.3) is 0 Å². The number of benzene rings is 3. The number of urea groups is 1. The molecule has 0 spiro atoms. The Morgan fingerprint density at radius 2 is 1.68 bits per heavy atom. The number of rotatable bonds is 8.